The number of benzene rings is 1. The van der Waals surface area contributed by atoms with Crippen molar-refractivity contribution in [3.05, 3.63) is 29.3 Å². The molecule has 1 rings (SSSR count). The predicted molar refractivity (Wildman–Crippen MR) is 67.5 cm³/mol. The minimum absolute atomic E-state index is 0.0569. The van der Waals surface area contributed by atoms with Crippen molar-refractivity contribution < 1.29 is 27.1 Å². The Labute approximate surface area is 111 Å². The molecule has 0 heterocycles. The van der Waals surface area contributed by atoms with Gasteiger partial charge < -0.3 is 13.8 Å². The van der Waals surface area contributed by atoms with Gasteiger partial charge in [-0.2, -0.15) is 0 Å². The Bertz CT molecular complexity index is 446. The van der Waals surface area contributed by atoms with Gasteiger partial charge in [0.1, 0.15) is 17.4 Å². The molecule has 0 amide bonds. The van der Waals surface area contributed by atoms with Gasteiger partial charge in [0.2, 0.25) is 0 Å². The summed E-state index contributed by atoms with van der Waals surface area (Å²) in [5.41, 5.74) is -0.328. The third kappa shape index (κ3) is 4.27. The molecule has 0 unspecified atom stereocenters. The minimum Gasteiger partial charge on any atom is -0.497 e. The van der Waals surface area contributed by atoms with Crippen LogP contribution in [0.1, 0.15) is 19.4 Å². The molecule has 7 heteroatoms. The predicted octanol–water partition coefficient (Wildman–Crippen LogP) is 3.74. The lowest BCUT2D eigenvalue weighted by molar-refractivity contribution is 0.218. The lowest BCUT2D eigenvalue weighted by atomic mass is 10.2. The van der Waals surface area contributed by atoms with Gasteiger partial charge in [-0.05, 0) is 13.8 Å². The van der Waals surface area contributed by atoms with E-state index >= 15 is 0 Å². The summed E-state index contributed by atoms with van der Waals surface area (Å²) in [6.07, 6.45) is -0.448. The summed E-state index contributed by atoms with van der Waals surface area (Å²) in [6, 6.07) is 2.06. The van der Waals surface area contributed by atoms with Crippen molar-refractivity contribution in [1.82, 2.24) is 0 Å². The minimum atomic E-state index is -3.54. The van der Waals surface area contributed by atoms with E-state index in [2.05, 4.69) is 0 Å². The van der Waals surface area contributed by atoms with Gasteiger partial charge in [0.05, 0.1) is 26.5 Å². The summed E-state index contributed by atoms with van der Waals surface area (Å²) in [5.74, 6) is -1.62. The molecule has 0 N–H and O–H groups in total. The topological polar surface area (TPSA) is 44.8 Å². The average Bonchev–Trinajstić information content (AvgIpc) is 2.34. The average molecular weight is 294 g/mol. The molecule has 0 fully saturated rings. The van der Waals surface area contributed by atoms with E-state index in [9.17, 15) is 13.3 Å². The summed E-state index contributed by atoms with van der Waals surface area (Å²) < 4.78 is 54.5. The molecule has 0 aliphatic heterocycles. The number of methoxy groups -OCH3 is 1. The van der Waals surface area contributed by atoms with Gasteiger partial charge in [-0.15, -0.1) is 0 Å². The standard InChI is InChI=1S/C12H17F2O4P/c1-4-17-19(15,18-5-2)8-10-11(13)6-9(16-3)7-12(10)14/h6-7H,4-5,8H2,1-3H3. The van der Waals surface area contributed by atoms with Crippen LogP contribution in [-0.2, 0) is 19.8 Å². The van der Waals surface area contributed by atoms with Crippen LogP contribution in [0.25, 0.3) is 0 Å². The Morgan fingerprint density at radius 1 is 1.11 bits per heavy atom. The van der Waals surface area contributed by atoms with Gasteiger partial charge in [-0.1, -0.05) is 0 Å². The molecule has 1 aromatic carbocycles. The van der Waals surface area contributed by atoms with Gasteiger partial charge >= 0.3 is 7.60 Å². The van der Waals surface area contributed by atoms with Crippen LogP contribution in [-0.4, -0.2) is 20.3 Å². The first-order valence-corrected chi connectivity index (χ1v) is 7.58. The smallest absolute Gasteiger partial charge is 0.335 e. The Kier molecular flexibility index (Phi) is 5.91. The van der Waals surface area contributed by atoms with E-state index in [1.165, 1.54) is 7.11 Å². The Hall–Kier alpha value is -0.970. The molecule has 0 spiro atoms. The Morgan fingerprint density at radius 3 is 1.95 bits per heavy atom. The summed E-state index contributed by atoms with van der Waals surface area (Å²) in [4.78, 5) is 0. The van der Waals surface area contributed by atoms with Crippen LogP contribution in [0.2, 0.25) is 0 Å². The molecular formula is C12H17F2O4P. The van der Waals surface area contributed by atoms with E-state index in [-0.39, 0.29) is 24.5 Å². The number of rotatable bonds is 7. The summed E-state index contributed by atoms with van der Waals surface area (Å²) in [6.45, 7) is 3.53. The molecule has 108 valence electrons. The molecule has 0 radical (unpaired) electrons. The molecular weight excluding hydrogens is 277 g/mol. The van der Waals surface area contributed by atoms with E-state index < -0.39 is 25.4 Å². The van der Waals surface area contributed by atoms with Crippen molar-refractivity contribution in [3.63, 3.8) is 0 Å². The van der Waals surface area contributed by atoms with Gasteiger partial charge in [0.15, 0.2) is 0 Å². The van der Waals surface area contributed by atoms with Gasteiger partial charge in [-0.25, -0.2) is 8.78 Å². The quantitative estimate of drug-likeness (QED) is 0.719. The van der Waals surface area contributed by atoms with Crippen molar-refractivity contribution in [2.75, 3.05) is 20.3 Å². The SMILES string of the molecule is CCOP(=O)(Cc1c(F)cc(OC)cc1F)OCC. The van der Waals surface area contributed by atoms with Crippen molar-refractivity contribution >= 4 is 7.60 Å². The maximum absolute atomic E-state index is 13.8. The molecule has 0 aromatic heterocycles. The van der Waals surface area contributed by atoms with Gasteiger partial charge in [-0.3, -0.25) is 4.57 Å². The molecule has 0 atom stereocenters. The fraction of sp³-hybridized carbons (Fsp3) is 0.500. The second-order valence-electron chi connectivity index (χ2n) is 3.67. The van der Waals surface area contributed by atoms with Crippen molar-refractivity contribution in [2.24, 2.45) is 0 Å². The molecule has 19 heavy (non-hydrogen) atoms. The summed E-state index contributed by atoms with van der Waals surface area (Å²) in [5, 5.41) is 0. The zero-order valence-corrected chi connectivity index (χ0v) is 12.0. The number of hydrogen-bond donors (Lipinski definition) is 0. The number of halogens is 2. The monoisotopic (exact) mass is 294 g/mol. The van der Waals surface area contributed by atoms with Crippen molar-refractivity contribution in [1.29, 1.82) is 0 Å². The molecule has 0 saturated carbocycles. The van der Waals surface area contributed by atoms with Crippen LogP contribution < -0.4 is 4.74 Å². The van der Waals surface area contributed by atoms with E-state index in [1.54, 1.807) is 13.8 Å². The molecule has 0 aliphatic rings. The summed E-state index contributed by atoms with van der Waals surface area (Å²) in [7, 11) is -2.23. The van der Waals surface area contributed by atoms with Crippen LogP contribution in [0.3, 0.4) is 0 Å². The lowest BCUT2D eigenvalue weighted by Crippen LogP contribution is -2.03. The zero-order chi connectivity index (χ0) is 14.5. The first kappa shape index (κ1) is 16.1. The van der Waals surface area contributed by atoms with Crippen LogP contribution in [0.5, 0.6) is 5.75 Å². The highest BCUT2D eigenvalue weighted by atomic mass is 31.2. The van der Waals surface area contributed by atoms with E-state index in [1.807, 2.05) is 0 Å². The third-order valence-electron chi connectivity index (χ3n) is 2.35. The van der Waals surface area contributed by atoms with Crippen LogP contribution >= 0.6 is 7.60 Å². The highest BCUT2D eigenvalue weighted by molar-refractivity contribution is 7.53. The van der Waals surface area contributed by atoms with Gasteiger partial charge in [0, 0.05) is 17.7 Å². The molecule has 0 aliphatic carbocycles. The normalized spacial score (nSPS) is 11.6. The second-order valence-corrected chi connectivity index (χ2v) is 5.73. The number of hydrogen-bond acceptors (Lipinski definition) is 4. The van der Waals surface area contributed by atoms with E-state index in [4.69, 9.17) is 13.8 Å². The summed E-state index contributed by atoms with van der Waals surface area (Å²) >= 11 is 0. The van der Waals surface area contributed by atoms with Crippen LogP contribution in [0.4, 0.5) is 8.78 Å². The highest BCUT2D eigenvalue weighted by Gasteiger charge is 2.28. The Morgan fingerprint density at radius 2 is 1.58 bits per heavy atom. The molecule has 0 saturated heterocycles. The number of ether oxygens (including phenoxy) is 1. The fourth-order valence-corrected chi connectivity index (χ4v) is 3.30. The molecule has 1 aromatic rings. The molecule has 4 nitrogen and oxygen atoms in total. The second kappa shape index (κ2) is 6.98. The first-order valence-electron chi connectivity index (χ1n) is 5.85. The maximum atomic E-state index is 13.8. The van der Waals surface area contributed by atoms with E-state index in [0.29, 0.717) is 0 Å². The molecule has 0 bridgehead atoms. The first-order chi connectivity index (χ1) is 8.95. The maximum Gasteiger partial charge on any atom is 0.335 e. The van der Waals surface area contributed by atoms with Crippen LogP contribution in [0, 0.1) is 11.6 Å². The lowest BCUT2D eigenvalue weighted by Gasteiger charge is -2.17. The highest BCUT2D eigenvalue weighted by Crippen LogP contribution is 2.52. The Balaban J connectivity index is 3.06. The zero-order valence-electron chi connectivity index (χ0n) is 11.1. The van der Waals surface area contributed by atoms with E-state index in [0.717, 1.165) is 12.1 Å². The van der Waals surface area contributed by atoms with Crippen LogP contribution in [0.15, 0.2) is 12.1 Å². The van der Waals surface area contributed by atoms with Crippen molar-refractivity contribution in [3.8, 4) is 5.75 Å². The fourth-order valence-electron chi connectivity index (χ4n) is 1.56. The van der Waals surface area contributed by atoms with Crippen molar-refractivity contribution in [2.45, 2.75) is 20.0 Å². The van der Waals surface area contributed by atoms with Gasteiger partial charge in [0.25, 0.3) is 0 Å². The largest absolute Gasteiger partial charge is 0.497 e. The third-order valence-corrected chi connectivity index (χ3v) is 4.36.